The van der Waals surface area contributed by atoms with E-state index in [1.54, 1.807) is 12.1 Å². The summed E-state index contributed by atoms with van der Waals surface area (Å²) in [6.45, 7) is 1.07. The van der Waals surface area contributed by atoms with Crippen molar-refractivity contribution in [1.29, 1.82) is 0 Å². The molecule has 0 radical (unpaired) electrons. The third kappa shape index (κ3) is 1.58. The molecular formula is C10H13NO3. The van der Waals surface area contributed by atoms with E-state index >= 15 is 0 Å². The predicted octanol–water partition coefficient (Wildman–Crippen LogP) is 0.697. The second kappa shape index (κ2) is 3.94. The molecule has 2 heterocycles. The van der Waals surface area contributed by atoms with Crippen molar-refractivity contribution in [3.63, 3.8) is 0 Å². The van der Waals surface area contributed by atoms with Crippen molar-refractivity contribution < 1.29 is 13.9 Å². The molecule has 1 fully saturated rings. The minimum absolute atomic E-state index is 0.0202. The topological polar surface area (TPSA) is 51.5 Å². The first-order valence-corrected chi connectivity index (χ1v) is 4.65. The Hall–Kier alpha value is -1.13. The van der Waals surface area contributed by atoms with E-state index in [9.17, 15) is 4.79 Å². The molecule has 0 spiro atoms. The summed E-state index contributed by atoms with van der Waals surface area (Å²) in [5.74, 6) is 0.318. The summed E-state index contributed by atoms with van der Waals surface area (Å²) in [4.78, 5) is 11.9. The van der Waals surface area contributed by atoms with Crippen LogP contribution in [-0.2, 0) is 4.74 Å². The lowest BCUT2D eigenvalue weighted by Crippen LogP contribution is -2.36. The Morgan fingerprint density at radius 3 is 3.07 bits per heavy atom. The molecule has 2 unspecified atom stereocenters. The Bertz CT molecular complexity index is 307. The molecule has 1 aromatic heterocycles. The van der Waals surface area contributed by atoms with Gasteiger partial charge in [0, 0.05) is 6.04 Å². The molecular weight excluding hydrogens is 182 g/mol. The van der Waals surface area contributed by atoms with E-state index in [-0.39, 0.29) is 17.7 Å². The molecule has 2 atom stereocenters. The first kappa shape index (κ1) is 9.43. The first-order valence-electron chi connectivity index (χ1n) is 4.65. The molecule has 14 heavy (non-hydrogen) atoms. The lowest BCUT2D eigenvalue weighted by Gasteiger charge is -2.13. The number of carbonyl (C=O) groups is 1. The van der Waals surface area contributed by atoms with Crippen molar-refractivity contribution in [2.24, 2.45) is 5.92 Å². The molecule has 1 aliphatic heterocycles. The van der Waals surface area contributed by atoms with Crippen LogP contribution in [0.2, 0.25) is 0 Å². The van der Waals surface area contributed by atoms with Crippen LogP contribution in [0.3, 0.4) is 0 Å². The maximum absolute atomic E-state index is 11.9. The van der Waals surface area contributed by atoms with Gasteiger partial charge in [0.25, 0.3) is 0 Å². The van der Waals surface area contributed by atoms with Crippen LogP contribution in [0.5, 0.6) is 0 Å². The number of likely N-dealkylation sites (N-methyl/N-ethyl adjacent to an activating group) is 1. The summed E-state index contributed by atoms with van der Waals surface area (Å²) in [5, 5.41) is 3.07. The van der Waals surface area contributed by atoms with E-state index in [2.05, 4.69) is 5.32 Å². The zero-order chi connectivity index (χ0) is 9.97. The standard InChI is InChI=1S/C10H13NO3/c1-11-8-6-13-5-7(8)10(12)9-3-2-4-14-9/h2-4,7-8,11H,5-6H2,1H3. The summed E-state index contributed by atoms with van der Waals surface area (Å²) in [6, 6.07) is 3.51. The lowest BCUT2D eigenvalue weighted by atomic mass is 9.97. The van der Waals surface area contributed by atoms with Crippen LogP contribution in [0.1, 0.15) is 10.6 Å². The SMILES string of the molecule is CNC1COCC1C(=O)c1ccco1. The molecule has 4 nitrogen and oxygen atoms in total. The van der Waals surface area contributed by atoms with Gasteiger partial charge in [0.2, 0.25) is 5.78 Å². The zero-order valence-corrected chi connectivity index (χ0v) is 8.03. The fraction of sp³-hybridized carbons (Fsp3) is 0.500. The molecule has 2 rings (SSSR count). The van der Waals surface area contributed by atoms with Crippen LogP contribution < -0.4 is 5.32 Å². The van der Waals surface area contributed by atoms with Gasteiger partial charge in [0.05, 0.1) is 25.4 Å². The van der Waals surface area contributed by atoms with Crippen molar-refractivity contribution in [2.75, 3.05) is 20.3 Å². The average molecular weight is 195 g/mol. The highest BCUT2D eigenvalue weighted by Gasteiger charge is 2.34. The zero-order valence-electron chi connectivity index (χ0n) is 8.03. The highest BCUT2D eigenvalue weighted by atomic mass is 16.5. The Labute approximate surface area is 82.2 Å². The maximum Gasteiger partial charge on any atom is 0.204 e. The smallest absolute Gasteiger partial charge is 0.204 e. The molecule has 0 amide bonds. The molecule has 0 aliphatic carbocycles. The molecule has 1 aliphatic rings. The highest BCUT2D eigenvalue weighted by Crippen LogP contribution is 2.19. The molecule has 0 bridgehead atoms. The number of furan rings is 1. The third-order valence-electron chi connectivity index (χ3n) is 2.55. The van der Waals surface area contributed by atoms with Crippen molar-refractivity contribution >= 4 is 5.78 Å². The number of Topliss-reactive ketones (excluding diaryl/α,β-unsaturated/α-hetero) is 1. The van der Waals surface area contributed by atoms with Crippen molar-refractivity contribution in [2.45, 2.75) is 6.04 Å². The van der Waals surface area contributed by atoms with Crippen LogP contribution >= 0.6 is 0 Å². The number of ketones is 1. The minimum atomic E-state index is -0.119. The second-order valence-electron chi connectivity index (χ2n) is 3.38. The number of hydrogen-bond acceptors (Lipinski definition) is 4. The summed E-state index contributed by atoms with van der Waals surface area (Å²) < 4.78 is 10.3. The number of hydrogen-bond donors (Lipinski definition) is 1. The third-order valence-corrected chi connectivity index (χ3v) is 2.55. The fourth-order valence-corrected chi connectivity index (χ4v) is 1.70. The maximum atomic E-state index is 11.9. The van der Waals surface area contributed by atoms with Gasteiger partial charge in [-0.25, -0.2) is 0 Å². The van der Waals surface area contributed by atoms with Gasteiger partial charge >= 0.3 is 0 Å². The molecule has 1 N–H and O–H groups in total. The van der Waals surface area contributed by atoms with Gasteiger partial charge in [0.15, 0.2) is 5.76 Å². The van der Waals surface area contributed by atoms with Gasteiger partial charge < -0.3 is 14.5 Å². The Morgan fingerprint density at radius 2 is 2.43 bits per heavy atom. The van der Waals surface area contributed by atoms with Gasteiger partial charge in [-0.15, -0.1) is 0 Å². The van der Waals surface area contributed by atoms with Crippen LogP contribution in [0, 0.1) is 5.92 Å². The monoisotopic (exact) mass is 195 g/mol. The van der Waals surface area contributed by atoms with Crippen LogP contribution in [-0.4, -0.2) is 32.1 Å². The highest BCUT2D eigenvalue weighted by molar-refractivity contribution is 5.96. The van der Waals surface area contributed by atoms with E-state index in [4.69, 9.17) is 9.15 Å². The van der Waals surface area contributed by atoms with E-state index in [0.717, 1.165) is 0 Å². The molecule has 4 heteroatoms. The van der Waals surface area contributed by atoms with Crippen molar-refractivity contribution in [3.05, 3.63) is 24.2 Å². The number of ether oxygens (including phenoxy) is 1. The van der Waals surface area contributed by atoms with Gasteiger partial charge in [-0.3, -0.25) is 4.79 Å². The minimum Gasteiger partial charge on any atom is -0.461 e. The molecule has 0 aromatic carbocycles. The number of nitrogens with one attached hydrogen (secondary N) is 1. The van der Waals surface area contributed by atoms with E-state index in [1.165, 1.54) is 6.26 Å². The largest absolute Gasteiger partial charge is 0.461 e. The van der Waals surface area contributed by atoms with Crippen LogP contribution in [0.25, 0.3) is 0 Å². The van der Waals surface area contributed by atoms with Crippen LogP contribution in [0.4, 0.5) is 0 Å². The Balaban J connectivity index is 2.11. The predicted molar refractivity (Wildman–Crippen MR) is 50.2 cm³/mol. The molecule has 0 saturated carbocycles. The molecule has 76 valence electrons. The van der Waals surface area contributed by atoms with E-state index in [0.29, 0.717) is 19.0 Å². The summed E-state index contributed by atoms with van der Waals surface area (Å²) >= 11 is 0. The van der Waals surface area contributed by atoms with Gasteiger partial charge in [-0.1, -0.05) is 0 Å². The van der Waals surface area contributed by atoms with Gasteiger partial charge in [0.1, 0.15) is 0 Å². The Kier molecular flexibility index (Phi) is 2.65. The van der Waals surface area contributed by atoms with Gasteiger partial charge in [-0.2, -0.15) is 0 Å². The quantitative estimate of drug-likeness (QED) is 0.721. The normalized spacial score (nSPS) is 26.6. The Morgan fingerprint density at radius 1 is 1.57 bits per heavy atom. The summed E-state index contributed by atoms with van der Waals surface area (Å²) in [6.07, 6.45) is 1.51. The fourth-order valence-electron chi connectivity index (χ4n) is 1.70. The summed E-state index contributed by atoms with van der Waals surface area (Å²) in [5.41, 5.74) is 0. The average Bonchev–Trinajstić information content (AvgIpc) is 2.87. The van der Waals surface area contributed by atoms with Gasteiger partial charge in [-0.05, 0) is 19.2 Å². The number of rotatable bonds is 3. The summed E-state index contributed by atoms with van der Waals surface area (Å²) in [7, 11) is 1.84. The first-order chi connectivity index (χ1) is 6.83. The molecule has 1 aromatic rings. The van der Waals surface area contributed by atoms with E-state index in [1.807, 2.05) is 7.05 Å². The molecule has 1 saturated heterocycles. The second-order valence-corrected chi connectivity index (χ2v) is 3.38. The lowest BCUT2D eigenvalue weighted by molar-refractivity contribution is 0.0864. The van der Waals surface area contributed by atoms with Crippen LogP contribution in [0.15, 0.2) is 22.8 Å². The van der Waals surface area contributed by atoms with Crippen molar-refractivity contribution in [3.8, 4) is 0 Å². The van der Waals surface area contributed by atoms with E-state index < -0.39 is 0 Å². The van der Waals surface area contributed by atoms with Crippen molar-refractivity contribution in [1.82, 2.24) is 5.32 Å². The number of carbonyl (C=O) groups excluding carboxylic acids is 1.